The van der Waals surface area contributed by atoms with Crippen LogP contribution in [-0.4, -0.2) is 32.1 Å². The lowest BCUT2D eigenvalue weighted by molar-refractivity contribution is -0.124. The molecule has 0 bridgehead atoms. The molecule has 4 rings (SSSR count). The molecule has 0 saturated carbocycles. The second-order valence-corrected chi connectivity index (χ2v) is 9.70. The highest BCUT2D eigenvalue weighted by molar-refractivity contribution is 6.02. The molecule has 9 nitrogen and oxygen atoms in total. The van der Waals surface area contributed by atoms with E-state index in [4.69, 9.17) is 10.5 Å². The van der Waals surface area contributed by atoms with Gasteiger partial charge >= 0.3 is 6.09 Å². The molecule has 0 aliphatic carbocycles. The smallest absolute Gasteiger partial charge is 0.408 e. The van der Waals surface area contributed by atoms with Crippen LogP contribution in [0.2, 0.25) is 0 Å². The van der Waals surface area contributed by atoms with Crippen molar-refractivity contribution in [2.75, 3.05) is 11.1 Å². The van der Waals surface area contributed by atoms with Gasteiger partial charge in [-0.2, -0.15) is 0 Å². The predicted octanol–water partition coefficient (Wildman–Crippen LogP) is 4.73. The minimum absolute atomic E-state index is 0.406. The zero-order valence-corrected chi connectivity index (χ0v) is 21.0. The standard InChI is InChI=1S/C27H30N6O3/c1-16-13-18(11-12-19(16)20-14-33(5)24-21(20)23(28)29-15-30-24)31-25(34)22(17-9-7-6-8-10-17)36-26(35)32-27(2,3)4/h6-15,22H,1-5H3,(H,31,34)(H,32,35)(H2,28,29,30)/t22-/m1/s1. The van der Waals surface area contributed by atoms with Crippen molar-refractivity contribution >= 4 is 34.5 Å². The van der Waals surface area contributed by atoms with Crippen molar-refractivity contribution in [3.63, 3.8) is 0 Å². The van der Waals surface area contributed by atoms with E-state index in [9.17, 15) is 9.59 Å². The number of ether oxygens (including phenoxy) is 1. The number of hydrogen-bond acceptors (Lipinski definition) is 6. The highest BCUT2D eigenvalue weighted by Crippen LogP contribution is 2.35. The van der Waals surface area contributed by atoms with Gasteiger partial charge in [-0.25, -0.2) is 14.8 Å². The number of carbonyl (C=O) groups excluding carboxylic acids is 2. The molecule has 9 heteroatoms. The van der Waals surface area contributed by atoms with Crippen molar-refractivity contribution in [1.29, 1.82) is 0 Å². The summed E-state index contributed by atoms with van der Waals surface area (Å²) in [6.45, 7) is 7.47. The molecule has 0 spiro atoms. The first-order valence-electron chi connectivity index (χ1n) is 11.5. The number of fused-ring (bicyclic) bond motifs is 1. The number of rotatable bonds is 5. The number of hydrogen-bond donors (Lipinski definition) is 3. The van der Waals surface area contributed by atoms with Crippen molar-refractivity contribution in [1.82, 2.24) is 19.9 Å². The Morgan fingerprint density at radius 3 is 2.44 bits per heavy atom. The lowest BCUT2D eigenvalue weighted by atomic mass is 10.00. The molecule has 2 amide bonds. The van der Waals surface area contributed by atoms with Gasteiger partial charge in [0.15, 0.2) is 0 Å². The van der Waals surface area contributed by atoms with Gasteiger partial charge in [0.1, 0.15) is 17.8 Å². The molecule has 36 heavy (non-hydrogen) atoms. The van der Waals surface area contributed by atoms with E-state index < -0.39 is 23.6 Å². The molecule has 0 aliphatic rings. The highest BCUT2D eigenvalue weighted by Gasteiger charge is 2.27. The Morgan fingerprint density at radius 1 is 1.06 bits per heavy atom. The average Bonchev–Trinajstić information content (AvgIpc) is 3.14. The zero-order valence-electron chi connectivity index (χ0n) is 21.0. The third-order valence-corrected chi connectivity index (χ3v) is 5.61. The fourth-order valence-corrected chi connectivity index (χ4v) is 4.03. The van der Waals surface area contributed by atoms with Crippen LogP contribution in [0.3, 0.4) is 0 Å². The van der Waals surface area contributed by atoms with Crippen LogP contribution in [0.5, 0.6) is 0 Å². The van der Waals surface area contributed by atoms with Gasteiger partial charge in [0.2, 0.25) is 6.10 Å². The van der Waals surface area contributed by atoms with Gasteiger partial charge in [0.05, 0.1) is 5.39 Å². The number of alkyl carbamates (subject to hydrolysis) is 1. The predicted molar refractivity (Wildman–Crippen MR) is 140 cm³/mol. The summed E-state index contributed by atoms with van der Waals surface area (Å²) in [6, 6.07) is 14.5. The summed E-state index contributed by atoms with van der Waals surface area (Å²) in [7, 11) is 1.90. The number of nitrogens with zero attached hydrogens (tertiary/aromatic N) is 3. The maximum absolute atomic E-state index is 13.3. The summed E-state index contributed by atoms with van der Waals surface area (Å²) in [5.41, 5.74) is 10.3. The number of nitrogens with one attached hydrogen (secondary N) is 2. The number of benzene rings is 2. The van der Waals surface area contributed by atoms with Gasteiger partial charge in [-0.05, 0) is 51.0 Å². The molecule has 186 valence electrons. The number of aromatic nitrogens is 3. The summed E-state index contributed by atoms with van der Waals surface area (Å²) in [5, 5.41) is 6.39. The molecule has 0 saturated heterocycles. The van der Waals surface area contributed by atoms with Crippen LogP contribution in [0, 0.1) is 6.92 Å². The van der Waals surface area contributed by atoms with Crippen LogP contribution in [0.1, 0.15) is 38.0 Å². The number of carbonyl (C=O) groups is 2. The monoisotopic (exact) mass is 486 g/mol. The van der Waals surface area contributed by atoms with E-state index in [1.165, 1.54) is 6.33 Å². The van der Waals surface area contributed by atoms with Crippen molar-refractivity contribution < 1.29 is 14.3 Å². The first kappa shape index (κ1) is 24.7. The number of anilines is 2. The van der Waals surface area contributed by atoms with Gasteiger partial charge in [-0.1, -0.05) is 36.4 Å². The van der Waals surface area contributed by atoms with Gasteiger partial charge in [-0.15, -0.1) is 0 Å². The molecule has 2 aromatic carbocycles. The third kappa shape index (κ3) is 5.30. The summed E-state index contributed by atoms with van der Waals surface area (Å²) < 4.78 is 7.45. The Kier molecular flexibility index (Phi) is 6.65. The quantitative estimate of drug-likeness (QED) is 0.375. The van der Waals surface area contributed by atoms with Crippen molar-refractivity contribution in [2.24, 2.45) is 7.05 Å². The van der Waals surface area contributed by atoms with Crippen molar-refractivity contribution in [2.45, 2.75) is 39.3 Å². The summed E-state index contributed by atoms with van der Waals surface area (Å²) >= 11 is 0. The number of nitrogens with two attached hydrogens (primary N) is 1. The molecule has 1 atom stereocenters. The topological polar surface area (TPSA) is 124 Å². The maximum Gasteiger partial charge on any atom is 0.408 e. The Morgan fingerprint density at radius 2 is 1.78 bits per heavy atom. The van der Waals surface area contributed by atoms with Crippen LogP contribution in [-0.2, 0) is 16.6 Å². The fourth-order valence-electron chi connectivity index (χ4n) is 4.03. The van der Waals surface area contributed by atoms with E-state index in [0.29, 0.717) is 17.1 Å². The van der Waals surface area contributed by atoms with Gasteiger partial charge in [-0.3, -0.25) is 4.79 Å². The molecule has 2 heterocycles. The molecule has 4 N–H and O–H groups in total. The van der Waals surface area contributed by atoms with Gasteiger partial charge < -0.3 is 25.7 Å². The van der Waals surface area contributed by atoms with Crippen LogP contribution in [0.25, 0.3) is 22.2 Å². The molecule has 2 aromatic heterocycles. The first-order chi connectivity index (χ1) is 17.0. The largest absolute Gasteiger partial charge is 0.431 e. The van der Waals surface area contributed by atoms with E-state index in [2.05, 4.69) is 20.6 Å². The normalized spacial score (nSPS) is 12.2. The molecule has 0 unspecified atom stereocenters. The number of nitrogen functional groups attached to an aromatic ring is 1. The molecule has 0 aliphatic heterocycles. The number of aryl methyl sites for hydroxylation is 2. The maximum atomic E-state index is 13.3. The zero-order chi connectivity index (χ0) is 26.0. The van der Waals surface area contributed by atoms with Crippen LogP contribution in [0.4, 0.5) is 16.3 Å². The van der Waals surface area contributed by atoms with Gasteiger partial charge in [0.25, 0.3) is 5.91 Å². The van der Waals surface area contributed by atoms with E-state index >= 15 is 0 Å². The summed E-state index contributed by atoms with van der Waals surface area (Å²) in [6.07, 6.45) is 1.61. The minimum atomic E-state index is -1.12. The molecule has 0 fully saturated rings. The minimum Gasteiger partial charge on any atom is -0.431 e. The SMILES string of the molecule is Cc1cc(NC(=O)[C@H](OC(=O)NC(C)(C)C)c2ccccc2)ccc1-c1cn(C)c2ncnc(N)c12. The summed E-state index contributed by atoms with van der Waals surface area (Å²) in [4.78, 5) is 34.2. The Balaban J connectivity index is 1.60. The number of amides is 2. The van der Waals surface area contributed by atoms with Crippen LogP contribution >= 0.6 is 0 Å². The summed E-state index contributed by atoms with van der Waals surface area (Å²) in [5.74, 6) is -0.0519. The molecule has 4 aromatic rings. The van der Waals surface area contributed by atoms with Crippen molar-refractivity contribution in [3.05, 3.63) is 72.2 Å². The van der Waals surface area contributed by atoms with E-state index in [1.54, 1.807) is 30.3 Å². The first-order valence-corrected chi connectivity index (χ1v) is 11.5. The molecular weight excluding hydrogens is 456 g/mol. The van der Waals surface area contributed by atoms with Crippen LogP contribution in [0.15, 0.2) is 61.1 Å². The molecular formula is C27H30N6O3. The van der Waals surface area contributed by atoms with E-state index in [1.807, 2.05) is 63.7 Å². The fraction of sp³-hybridized carbons (Fsp3) is 0.259. The lowest BCUT2D eigenvalue weighted by Crippen LogP contribution is -2.42. The van der Waals surface area contributed by atoms with E-state index in [-0.39, 0.29) is 0 Å². The Bertz CT molecular complexity index is 1420. The second kappa shape index (κ2) is 9.69. The van der Waals surface area contributed by atoms with Crippen molar-refractivity contribution in [3.8, 4) is 11.1 Å². The Labute approximate surface area is 209 Å². The lowest BCUT2D eigenvalue weighted by Gasteiger charge is -2.23. The van der Waals surface area contributed by atoms with E-state index in [0.717, 1.165) is 27.7 Å². The van der Waals surface area contributed by atoms with Crippen LogP contribution < -0.4 is 16.4 Å². The average molecular weight is 487 g/mol. The van der Waals surface area contributed by atoms with Gasteiger partial charge in [0, 0.05) is 35.6 Å². The second-order valence-electron chi connectivity index (χ2n) is 9.70. The molecule has 0 radical (unpaired) electrons. The highest BCUT2D eigenvalue weighted by atomic mass is 16.6. The third-order valence-electron chi connectivity index (χ3n) is 5.61. The Hall–Kier alpha value is -4.40.